The first-order valence-corrected chi connectivity index (χ1v) is 6.18. The summed E-state index contributed by atoms with van der Waals surface area (Å²) in [6.07, 6.45) is 0. The second-order valence-corrected chi connectivity index (χ2v) is 5.24. The van der Waals surface area contributed by atoms with E-state index in [2.05, 4.69) is 32.6 Å². The highest BCUT2D eigenvalue weighted by molar-refractivity contribution is 5.42. The van der Waals surface area contributed by atoms with Crippen LogP contribution >= 0.6 is 0 Å². The van der Waals surface area contributed by atoms with E-state index in [1.807, 2.05) is 6.07 Å². The van der Waals surface area contributed by atoms with Crippen molar-refractivity contribution in [3.8, 4) is 0 Å². The van der Waals surface area contributed by atoms with E-state index < -0.39 is 0 Å². The van der Waals surface area contributed by atoms with Crippen molar-refractivity contribution in [2.24, 2.45) is 5.92 Å². The third-order valence-electron chi connectivity index (χ3n) is 2.81. The molecule has 0 aliphatic carbocycles. The van der Waals surface area contributed by atoms with Crippen LogP contribution in [-0.2, 0) is 6.54 Å². The number of benzene rings is 1. The SMILES string of the molecule is CC(C)CN(Cc1cccc(N)c1F)C(C)C. The molecule has 0 aromatic heterocycles. The van der Waals surface area contributed by atoms with Crippen LogP contribution < -0.4 is 5.73 Å². The molecule has 0 bridgehead atoms. The number of rotatable bonds is 5. The van der Waals surface area contributed by atoms with Gasteiger partial charge < -0.3 is 5.73 Å². The molecule has 0 atom stereocenters. The topological polar surface area (TPSA) is 29.3 Å². The number of nitrogens with two attached hydrogens (primary N) is 1. The summed E-state index contributed by atoms with van der Waals surface area (Å²) in [5.74, 6) is 0.295. The lowest BCUT2D eigenvalue weighted by molar-refractivity contribution is 0.187. The molecule has 1 rings (SSSR count). The van der Waals surface area contributed by atoms with Crippen LogP contribution in [0.3, 0.4) is 0 Å². The number of nitrogens with zero attached hydrogens (tertiary/aromatic N) is 1. The molecule has 0 aliphatic heterocycles. The molecule has 17 heavy (non-hydrogen) atoms. The van der Waals surface area contributed by atoms with Crippen LogP contribution in [0.1, 0.15) is 33.3 Å². The zero-order valence-electron chi connectivity index (χ0n) is 11.2. The van der Waals surface area contributed by atoms with Gasteiger partial charge in [-0.05, 0) is 25.8 Å². The Bertz CT molecular complexity index is 361. The van der Waals surface area contributed by atoms with Crippen LogP contribution in [0.2, 0.25) is 0 Å². The highest BCUT2D eigenvalue weighted by Gasteiger charge is 2.14. The summed E-state index contributed by atoms with van der Waals surface area (Å²) in [7, 11) is 0. The second kappa shape index (κ2) is 6.01. The number of hydrogen-bond donors (Lipinski definition) is 1. The molecule has 0 aliphatic rings. The maximum absolute atomic E-state index is 13.8. The molecular formula is C14H23FN2. The zero-order chi connectivity index (χ0) is 13.0. The van der Waals surface area contributed by atoms with Gasteiger partial charge >= 0.3 is 0 Å². The van der Waals surface area contributed by atoms with Gasteiger partial charge in [0.2, 0.25) is 0 Å². The van der Waals surface area contributed by atoms with Crippen molar-refractivity contribution in [2.75, 3.05) is 12.3 Å². The van der Waals surface area contributed by atoms with Crippen LogP contribution in [0.15, 0.2) is 18.2 Å². The van der Waals surface area contributed by atoms with E-state index in [4.69, 9.17) is 5.73 Å². The number of nitrogen functional groups attached to an aromatic ring is 1. The third kappa shape index (κ3) is 4.00. The minimum absolute atomic E-state index is 0.232. The van der Waals surface area contributed by atoms with Gasteiger partial charge in [0.1, 0.15) is 0 Å². The predicted molar refractivity (Wildman–Crippen MR) is 71.2 cm³/mol. The normalized spacial score (nSPS) is 11.8. The Hall–Kier alpha value is -1.09. The molecule has 96 valence electrons. The maximum Gasteiger partial charge on any atom is 0.150 e. The van der Waals surface area contributed by atoms with Gasteiger partial charge in [-0.3, -0.25) is 4.90 Å². The summed E-state index contributed by atoms with van der Waals surface area (Å²) < 4.78 is 13.8. The quantitative estimate of drug-likeness (QED) is 0.798. The molecule has 3 heteroatoms. The predicted octanol–water partition coefficient (Wildman–Crippen LogP) is 3.27. The van der Waals surface area contributed by atoms with Crippen molar-refractivity contribution < 1.29 is 4.39 Å². The fraction of sp³-hybridized carbons (Fsp3) is 0.571. The second-order valence-electron chi connectivity index (χ2n) is 5.24. The Labute approximate surface area is 104 Å². The average molecular weight is 238 g/mol. The minimum Gasteiger partial charge on any atom is -0.396 e. The van der Waals surface area contributed by atoms with Crippen molar-refractivity contribution in [3.05, 3.63) is 29.6 Å². The molecule has 0 unspecified atom stereocenters. The highest BCUT2D eigenvalue weighted by atomic mass is 19.1. The summed E-state index contributed by atoms with van der Waals surface area (Å²) in [5.41, 5.74) is 6.49. The van der Waals surface area contributed by atoms with Gasteiger partial charge in [-0.25, -0.2) is 4.39 Å². The van der Waals surface area contributed by atoms with E-state index in [9.17, 15) is 4.39 Å². The number of anilines is 1. The lowest BCUT2D eigenvalue weighted by Gasteiger charge is -2.28. The molecule has 0 saturated carbocycles. The standard InChI is InChI=1S/C14H23FN2/c1-10(2)8-17(11(3)4)9-12-6-5-7-13(16)14(12)15/h5-7,10-11H,8-9,16H2,1-4H3. The maximum atomic E-state index is 13.8. The monoisotopic (exact) mass is 238 g/mol. The van der Waals surface area contributed by atoms with Crippen LogP contribution in [0.5, 0.6) is 0 Å². The first-order chi connectivity index (χ1) is 7.91. The third-order valence-corrected chi connectivity index (χ3v) is 2.81. The summed E-state index contributed by atoms with van der Waals surface area (Å²) in [6, 6.07) is 5.61. The molecule has 0 amide bonds. The summed E-state index contributed by atoms with van der Waals surface area (Å²) in [4.78, 5) is 2.27. The van der Waals surface area contributed by atoms with Gasteiger partial charge in [-0.1, -0.05) is 26.0 Å². The van der Waals surface area contributed by atoms with Crippen molar-refractivity contribution in [1.29, 1.82) is 0 Å². The van der Waals surface area contributed by atoms with Crippen molar-refractivity contribution >= 4 is 5.69 Å². The minimum atomic E-state index is -0.276. The molecule has 1 aromatic rings. The molecule has 0 saturated heterocycles. The highest BCUT2D eigenvalue weighted by Crippen LogP contribution is 2.18. The van der Waals surface area contributed by atoms with Crippen LogP contribution in [0.4, 0.5) is 10.1 Å². The number of hydrogen-bond acceptors (Lipinski definition) is 2. The molecule has 0 radical (unpaired) electrons. The van der Waals surface area contributed by atoms with Gasteiger partial charge in [0.25, 0.3) is 0 Å². The van der Waals surface area contributed by atoms with E-state index in [0.29, 0.717) is 24.1 Å². The summed E-state index contributed by atoms with van der Waals surface area (Å²) >= 11 is 0. The summed E-state index contributed by atoms with van der Waals surface area (Å²) in [5, 5.41) is 0. The van der Waals surface area contributed by atoms with Gasteiger partial charge in [-0.15, -0.1) is 0 Å². The van der Waals surface area contributed by atoms with E-state index in [1.54, 1.807) is 12.1 Å². The molecule has 0 fully saturated rings. The lowest BCUT2D eigenvalue weighted by Crippen LogP contribution is -2.33. The van der Waals surface area contributed by atoms with Crippen molar-refractivity contribution in [1.82, 2.24) is 4.90 Å². The molecule has 0 spiro atoms. The van der Waals surface area contributed by atoms with Gasteiger partial charge in [0.15, 0.2) is 5.82 Å². The van der Waals surface area contributed by atoms with E-state index in [0.717, 1.165) is 6.54 Å². The van der Waals surface area contributed by atoms with Gasteiger partial charge in [0, 0.05) is 24.7 Å². The largest absolute Gasteiger partial charge is 0.396 e. The first-order valence-electron chi connectivity index (χ1n) is 6.18. The Morgan fingerprint density at radius 3 is 2.41 bits per heavy atom. The molecule has 0 heterocycles. The Morgan fingerprint density at radius 2 is 1.88 bits per heavy atom. The Morgan fingerprint density at radius 1 is 1.24 bits per heavy atom. The van der Waals surface area contributed by atoms with E-state index in [1.165, 1.54) is 0 Å². The Balaban J connectivity index is 2.82. The van der Waals surface area contributed by atoms with Crippen LogP contribution in [0, 0.1) is 11.7 Å². The molecule has 2 nitrogen and oxygen atoms in total. The zero-order valence-corrected chi connectivity index (χ0v) is 11.2. The smallest absolute Gasteiger partial charge is 0.150 e. The first kappa shape index (κ1) is 14.0. The summed E-state index contributed by atoms with van der Waals surface area (Å²) in [6.45, 7) is 10.2. The van der Waals surface area contributed by atoms with Gasteiger partial charge in [0.05, 0.1) is 5.69 Å². The number of halogens is 1. The van der Waals surface area contributed by atoms with E-state index in [-0.39, 0.29) is 11.5 Å². The lowest BCUT2D eigenvalue weighted by atomic mass is 10.1. The van der Waals surface area contributed by atoms with Crippen molar-refractivity contribution in [2.45, 2.75) is 40.3 Å². The Kier molecular flexibility index (Phi) is 4.94. The molecule has 1 aromatic carbocycles. The average Bonchev–Trinajstić information content (AvgIpc) is 2.22. The fourth-order valence-electron chi connectivity index (χ4n) is 1.87. The van der Waals surface area contributed by atoms with Gasteiger partial charge in [-0.2, -0.15) is 0 Å². The van der Waals surface area contributed by atoms with E-state index >= 15 is 0 Å². The van der Waals surface area contributed by atoms with Crippen LogP contribution in [0.25, 0.3) is 0 Å². The molecular weight excluding hydrogens is 215 g/mol. The fourth-order valence-corrected chi connectivity index (χ4v) is 1.87. The van der Waals surface area contributed by atoms with Crippen LogP contribution in [-0.4, -0.2) is 17.5 Å². The van der Waals surface area contributed by atoms with Crippen molar-refractivity contribution in [3.63, 3.8) is 0 Å². The molecule has 2 N–H and O–H groups in total.